The van der Waals surface area contributed by atoms with Crippen molar-refractivity contribution in [1.82, 2.24) is 0 Å². The van der Waals surface area contributed by atoms with Crippen LogP contribution in [0.1, 0.15) is 11.1 Å². The average molecular weight is 300 g/mol. The molecule has 0 fully saturated rings. The Morgan fingerprint density at radius 3 is 1.86 bits per heavy atom. The van der Waals surface area contributed by atoms with Crippen LogP contribution in [0.2, 0.25) is 0 Å². The average Bonchev–Trinajstić information content (AvgIpc) is 2.58. The Morgan fingerprint density at radius 1 is 0.773 bits per heavy atom. The Morgan fingerprint density at radius 2 is 1.32 bits per heavy atom. The molecule has 0 heterocycles. The molecule has 0 amide bonds. The van der Waals surface area contributed by atoms with E-state index < -0.39 is 0 Å². The fraction of sp³-hybridized carbons (Fsp3) is 0.100. The summed E-state index contributed by atoms with van der Waals surface area (Å²) in [5, 5.41) is 0. The second-order valence-electron chi connectivity index (χ2n) is 5.42. The zero-order valence-corrected chi connectivity index (χ0v) is 14.0. The largest absolute Gasteiger partial charge is 0.653 e. The highest BCUT2D eigenvalue weighted by Crippen LogP contribution is 2.42. The molecule has 0 aliphatic carbocycles. The topological polar surface area (TPSA) is 9.23 Å². The normalized spacial score (nSPS) is 10.5. The maximum atomic E-state index is 5.74. The van der Waals surface area contributed by atoms with Crippen LogP contribution in [0.3, 0.4) is 0 Å². The van der Waals surface area contributed by atoms with Gasteiger partial charge >= 0.3 is 16.6 Å². The van der Waals surface area contributed by atoms with Crippen LogP contribution in [-0.4, -0.2) is 16.6 Å². The maximum absolute atomic E-state index is 5.74. The van der Waals surface area contributed by atoms with E-state index in [4.69, 9.17) is 3.79 Å². The lowest BCUT2D eigenvalue weighted by atomic mass is 9.90. The molecule has 0 aliphatic heterocycles. The van der Waals surface area contributed by atoms with Crippen LogP contribution >= 0.6 is 0 Å². The summed E-state index contributed by atoms with van der Waals surface area (Å²) in [6, 6.07) is 23.0. The summed E-state index contributed by atoms with van der Waals surface area (Å²) < 4.78 is 5.74. The van der Waals surface area contributed by atoms with Gasteiger partial charge in [-0.3, -0.25) is 0 Å². The van der Waals surface area contributed by atoms with E-state index in [1.54, 1.807) is 0 Å². The molecule has 0 atom stereocenters. The number of aryl methyl sites for hydroxylation is 1. The molecule has 1 nitrogen and oxygen atoms in total. The summed E-state index contributed by atoms with van der Waals surface area (Å²) in [6.45, 7) is 4.31. The Balaban J connectivity index is 2.32. The second kappa shape index (κ2) is 6.40. The van der Waals surface area contributed by atoms with Crippen molar-refractivity contribution in [3.05, 3.63) is 77.9 Å². The van der Waals surface area contributed by atoms with Crippen molar-refractivity contribution >= 4 is 16.6 Å². The molecule has 0 saturated carbocycles. The zero-order chi connectivity index (χ0) is 15.5. The molecule has 0 saturated heterocycles. The van der Waals surface area contributed by atoms with Gasteiger partial charge < -0.3 is 3.79 Å². The van der Waals surface area contributed by atoms with Crippen molar-refractivity contribution in [3.63, 3.8) is 0 Å². The third-order valence-electron chi connectivity index (χ3n) is 4.06. The molecule has 0 N–H and O–H groups in total. The summed E-state index contributed by atoms with van der Waals surface area (Å²) in [6.07, 6.45) is 0. The third kappa shape index (κ3) is 2.68. The Labute approximate surface area is 140 Å². The van der Waals surface area contributed by atoms with Crippen molar-refractivity contribution in [2.24, 2.45) is 0 Å². The molecule has 0 bridgehead atoms. The minimum absolute atomic E-state index is 0.908. The monoisotopic (exact) mass is 300 g/mol. The van der Waals surface area contributed by atoms with Crippen LogP contribution in [0.15, 0.2) is 66.7 Å². The van der Waals surface area contributed by atoms with Gasteiger partial charge in [-0.15, -0.1) is 0 Å². The van der Waals surface area contributed by atoms with E-state index in [-0.39, 0.29) is 0 Å². The second-order valence-corrected chi connectivity index (χ2v) is 5.66. The van der Waals surface area contributed by atoms with Gasteiger partial charge in [-0.25, -0.2) is 0 Å². The predicted molar refractivity (Wildman–Crippen MR) is 93.2 cm³/mol. The zero-order valence-electron chi connectivity index (χ0n) is 12.8. The van der Waals surface area contributed by atoms with Gasteiger partial charge in [0.15, 0.2) is 0 Å². The molecule has 106 valence electrons. The quantitative estimate of drug-likeness (QED) is 0.611. The van der Waals surface area contributed by atoms with Gasteiger partial charge in [-0.2, -0.15) is 0 Å². The molecule has 22 heavy (non-hydrogen) atoms. The predicted octanol–water partition coefficient (Wildman–Crippen LogP) is 5.10. The van der Waals surface area contributed by atoms with Crippen molar-refractivity contribution in [2.45, 2.75) is 13.8 Å². The lowest BCUT2D eigenvalue weighted by Crippen LogP contribution is -1.98. The molecule has 0 aromatic heterocycles. The SMILES string of the molecule is Cc1cc(-c2ccccc2)c([O][Al])c(-c2ccccc2)c1C. The highest BCUT2D eigenvalue weighted by atomic mass is 27.1. The summed E-state index contributed by atoms with van der Waals surface area (Å²) in [5.74, 6) is 0.908. The van der Waals surface area contributed by atoms with E-state index in [1.165, 1.54) is 22.3 Å². The Bertz CT molecular complexity index is 780. The highest BCUT2D eigenvalue weighted by Gasteiger charge is 2.16. The van der Waals surface area contributed by atoms with Crippen molar-refractivity contribution in [3.8, 4) is 28.0 Å². The molecular weight excluding hydrogens is 283 g/mol. The van der Waals surface area contributed by atoms with E-state index in [0.717, 1.165) is 16.9 Å². The highest BCUT2D eigenvalue weighted by molar-refractivity contribution is 6.02. The van der Waals surface area contributed by atoms with Gasteiger partial charge in [0.1, 0.15) is 0 Å². The van der Waals surface area contributed by atoms with Crippen molar-refractivity contribution < 1.29 is 3.79 Å². The fourth-order valence-electron chi connectivity index (χ4n) is 2.80. The maximum Gasteiger partial charge on any atom is 0.482 e. The Kier molecular flexibility index (Phi) is 4.34. The van der Waals surface area contributed by atoms with Crippen LogP contribution in [0, 0.1) is 13.8 Å². The van der Waals surface area contributed by atoms with Crippen LogP contribution in [0.25, 0.3) is 22.3 Å². The standard InChI is InChI=1S/C20H18O.Al/c1-14-13-18(16-9-5-3-6-10-16)20(21)19(15(14)2)17-11-7-4-8-12-17;/h3-13,21H,1-2H3;/q;+1/p-1. The summed E-state index contributed by atoms with van der Waals surface area (Å²) in [4.78, 5) is 0. The molecular formula is C20H17AlO. The molecule has 2 radical (unpaired) electrons. The smallest absolute Gasteiger partial charge is 0.482 e. The van der Waals surface area contributed by atoms with Gasteiger partial charge in [-0.05, 0) is 42.2 Å². The van der Waals surface area contributed by atoms with Crippen molar-refractivity contribution in [2.75, 3.05) is 0 Å². The first-order valence-electron chi connectivity index (χ1n) is 7.34. The first-order valence-corrected chi connectivity index (χ1v) is 7.81. The van der Waals surface area contributed by atoms with E-state index in [0.29, 0.717) is 0 Å². The third-order valence-corrected chi connectivity index (χ3v) is 4.30. The first kappa shape index (κ1) is 14.9. The molecule has 0 aliphatic rings. The minimum atomic E-state index is 0.908. The van der Waals surface area contributed by atoms with Gasteiger partial charge in [-0.1, -0.05) is 60.7 Å². The molecule has 3 aromatic carbocycles. The van der Waals surface area contributed by atoms with E-state index in [2.05, 4.69) is 85.1 Å². The summed E-state index contributed by atoms with van der Waals surface area (Å²) >= 11 is 2.40. The van der Waals surface area contributed by atoms with Gasteiger partial charge in [0.05, 0.1) is 5.75 Å². The first-order chi connectivity index (χ1) is 10.7. The van der Waals surface area contributed by atoms with Crippen LogP contribution in [0.4, 0.5) is 0 Å². The Hall–Kier alpha value is -2.01. The fourth-order valence-corrected chi connectivity index (χ4v) is 3.04. The minimum Gasteiger partial charge on any atom is -0.653 e. The molecule has 3 rings (SSSR count). The van der Waals surface area contributed by atoms with E-state index in [9.17, 15) is 0 Å². The van der Waals surface area contributed by atoms with Crippen molar-refractivity contribution in [1.29, 1.82) is 0 Å². The van der Waals surface area contributed by atoms with Crippen LogP contribution in [-0.2, 0) is 0 Å². The van der Waals surface area contributed by atoms with Gasteiger partial charge in [0, 0.05) is 11.1 Å². The van der Waals surface area contributed by atoms with E-state index in [1.807, 2.05) is 12.1 Å². The van der Waals surface area contributed by atoms with E-state index >= 15 is 0 Å². The molecule has 2 heteroatoms. The number of rotatable bonds is 3. The van der Waals surface area contributed by atoms with Gasteiger partial charge in [0.2, 0.25) is 0 Å². The lowest BCUT2D eigenvalue weighted by molar-refractivity contribution is 0.620. The molecule has 3 aromatic rings. The molecule has 0 unspecified atom stereocenters. The number of hydrogen-bond acceptors (Lipinski definition) is 1. The summed E-state index contributed by atoms with van der Waals surface area (Å²) in [5.41, 5.74) is 7.15. The lowest BCUT2D eigenvalue weighted by Gasteiger charge is -2.20. The molecule has 0 spiro atoms. The van der Waals surface area contributed by atoms with Crippen LogP contribution in [0.5, 0.6) is 5.75 Å². The summed E-state index contributed by atoms with van der Waals surface area (Å²) in [7, 11) is 0. The number of benzene rings is 3. The van der Waals surface area contributed by atoms with Gasteiger partial charge in [0.25, 0.3) is 0 Å². The number of hydrogen-bond donors (Lipinski definition) is 0. The van der Waals surface area contributed by atoms with Crippen LogP contribution < -0.4 is 3.79 Å².